The lowest BCUT2D eigenvalue weighted by Crippen LogP contribution is -2.32. The molecule has 0 fully saturated rings. The minimum Gasteiger partial charge on any atom is -0.399 e. The summed E-state index contributed by atoms with van der Waals surface area (Å²) in [5, 5.41) is 18.3. The largest absolute Gasteiger partial charge is 0.399 e. The van der Waals surface area contributed by atoms with Gasteiger partial charge in [-0.3, -0.25) is 5.41 Å². The highest BCUT2D eigenvalue weighted by atomic mass is 14.6. The monoisotopic (exact) mass is 353 g/mol. The molecule has 0 amide bonds. The predicted octanol–water partition coefficient (Wildman–Crippen LogP) is 1.78. The van der Waals surface area contributed by atoms with Crippen LogP contribution in [0.15, 0.2) is 54.6 Å². The molecule has 3 aromatic rings. The molecule has 3 aromatic carbocycles. The first-order chi connectivity index (χ1) is 13.0. The van der Waals surface area contributed by atoms with Crippen molar-refractivity contribution in [1.29, 1.82) is 10.7 Å². The average molecular weight is 353 g/mol. The van der Waals surface area contributed by atoms with Gasteiger partial charge in [-0.2, -0.15) is 5.26 Å². The number of nitrogens with two attached hydrogens (primary N) is 3. The second-order valence-corrected chi connectivity index (χ2v) is 6.26. The summed E-state index contributed by atoms with van der Waals surface area (Å²) in [5.41, 5.74) is 23.3. The van der Waals surface area contributed by atoms with Crippen LogP contribution in [-0.4, -0.2) is 5.87 Å². The Labute approximate surface area is 157 Å². The van der Waals surface area contributed by atoms with Gasteiger partial charge in [0.2, 0.25) is 0 Å². The van der Waals surface area contributed by atoms with E-state index in [0.717, 1.165) is 22.3 Å². The molecule has 0 aliphatic heterocycles. The summed E-state index contributed by atoms with van der Waals surface area (Å²) >= 11 is 0. The summed E-state index contributed by atoms with van der Waals surface area (Å²) < 4.78 is 0. The van der Waals surface area contributed by atoms with Crippen molar-refractivity contribution < 1.29 is 0 Å². The molecule has 27 heavy (non-hydrogen) atoms. The van der Waals surface area contributed by atoms with Gasteiger partial charge >= 0.3 is 0 Å². The number of hydrogen-bond donors (Lipinski definition) is 4. The number of rotatable bonds is 2. The summed E-state index contributed by atoms with van der Waals surface area (Å²) in [6, 6.07) is 18.8. The second-order valence-electron chi connectivity index (χ2n) is 6.26. The number of nitrogens with one attached hydrogen (secondary N) is 1. The van der Waals surface area contributed by atoms with Crippen molar-refractivity contribution >= 4 is 28.5 Å². The van der Waals surface area contributed by atoms with E-state index in [2.05, 4.69) is 11.9 Å². The van der Waals surface area contributed by atoms with Gasteiger partial charge in [0.05, 0.1) is 16.5 Å². The summed E-state index contributed by atoms with van der Waals surface area (Å²) in [7, 11) is 0. The highest BCUT2D eigenvalue weighted by molar-refractivity contribution is 5.82. The van der Waals surface area contributed by atoms with Gasteiger partial charge in [0.1, 0.15) is 6.07 Å². The smallest absolute Gasteiger partial charge is 0.103 e. The van der Waals surface area contributed by atoms with Crippen LogP contribution >= 0.6 is 0 Å². The normalized spacial score (nSPS) is 11.4. The van der Waals surface area contributed by atoms with Crippen molar-refractivity contribution in [2.45, 2.75) is 6.92 Å². The van der Waals surface area contributed by atoms with E-state index in [4.69, 9.17) is 22.6 Å². The molecule has 0 bridgehead atoms. The molecule has 0 aromatic heterocycles. The fourth-order valence-electron chi connectivity index (χ4n) is 3.04. The minimum atomic E-state index is 0.239. The molecule has 0 aliphatic rings. The fraction of sp³-hybridized carbons (Fsp3) is 0.0455. The molecule has 0 atom stereocenters. The highest BCUT2D eigenvalue weighted by Gasteiger charge is 2.11. The molecule has 0 aliphatic carbocycles. The third kappa shape index (κ3) is 3.25. The molecule has 0 saturated heterocycles. The Hall–Kier alpha value is -4.00. The molecule has 3 rings (SSSR count). The van der Waals surface area contributed by atoms with Gasteiger partial charge in [0.15, 0.2) is 0 Å². The first-order valence-corrected chi connectivity index (χ1v) is 8.31. The number of nitriles is 1. The van der Waals surface area contributed by atoms with E-state index < -0.39 is 0 Å². The number of aryl methyl sites for hydroxylation is 1. The van der Waals surface area contributed by atoms with Crippen molar-refractivity contribution in [3.05, 3.63) is 87.3 Å². The van der Waals surface area contributed by atoms with Crippen LogP contribution in [0.3, 0.4) is 0 Å². The lowest BCUT2D eigenvalue weighted by Gasteiger charge is -2.12. The van der Waals surface area contributed by atoms with E-state index in [1.54, 1.807) is 6.07 Å². The molecular weight excluding hydrogens is 334 g/mol. The molecule has 0 heterocycles. The Balaban J connectivity index is 2.54. The molecule has 132 valence electrons. The van der Waals surface area contributed by atoms with Gasteiger partial charge in [-0.25, -0.2) is 0 Å². The Bertz CT molecular complexity index is 1210. The Morgan fingerprint density at radius 2 is 1.52 bits per heavy atom. The first-order valence-electron chi connectivity index (χ1n) is 8.31. The highest BCUT2D eigenvalue weighted by Crippen LogP contribution is 2.24. The van der Waals surface area contributed by atoms with E-state index in [-0.39, 0.29) is 5.56 Å². The van der Waals surface area contributed by atoms with Gasteiger partial charge in [-0.05, 0) is 65.4 Å². The van der Waals surface area contributed by atoms with Crippen LogP contribution in [0.4, 0.5) is 17.1 Å². The maximum Gasteiger partial charge on any atom is 0.103 e. The molecule has 0 saturated carbocycles. The Kier molecular flexibility index (Phi) is 4.68. The summed E-state index contributed by atoms with van der Waals surface area (Å²) in [5.74, 6) is 2.39. The van der Waals surface area contributed by atoms with E-state index in [0.29, 0.717) is 27.5 Å². The van der Waals surface area contributed by atoms with Crippen LogP contribution in [0, 0.1) is 23.7 Å². The second kappa shape index (κ2) is 7.09. The van der Waals surface area contributed by atoms with E-state index >= 15 is 0 Å². The molecule has 5 nitrogen and oxygen atoms in total. The molecular formula is C22H19N5. The van der Waals surface area contributed by atoms with Crippen molar-refractivity contribution in [3.63, 3.8) is 0 Å². The zero-order chi connectivity index (χ0) is 19.6. The molecule has 0 unspecified atom stereocenters. The van der Waals surface area contributed by atoms with E-state index in [1.165, 1.54) is 0 Å². The Morgan fingerprint density at radius 3 is 2.11 bits per heavy atom. The van der Waals surface area contributed by atoms with Crippen LogP contribution in [-0.2, 0) is 0 Å². The van der Waals surface area contributed by atoms with Crippen LogP contribution in [0.2, 0.25) is 0 Å². The zero-order valence-electron chi connectivity index (χ0n) is 14.9. The SMILES string of the molecule is Cc1cc(C(c2ccc(N)cc2)=c2ccc(N)c(C#N)c2=C=N)ccc1N. The molecule has 7 N–H and O–H groups in total. The topological polar surface area (TPSA) is 126 Å². The van der Waals surface area contributed by atoms with Crippen LogP contribution in [0.5, 0.6) is 0 Å². The van der Waals surface area contributed by atoms with Crippen LogP contribution < -0.4 is 27.6 Å². The molecule has 0 radical (unpaired) electrons. The van der Waals surface area contributed by atoms with Gasteiger partial charge in [0.25, 0.3) is 0 Å². The third-order valence-corrected chi connectivity index (χ3v) is 4.50. The summed E-state index contributed by atoms with van der Waals surface area (Å²) in [6.07, 6.45) is 0. The number of hydrogen-bond acceptors (Lipinski definition) is 5. The van der Waals surface area contributed by atoms with Gasteiger partial charge < -0.3 is 17.2 Å². The number of nitrogens with zero attached hydrogens (tertiary/aromatic N) is 1. The predicted molar refractivity (Wildman–Crippen MR) is 110 cm³/mol. The lowest BCUT2D eigenvalue weighted by molar-refractivity contribution is 1.38. The minimum absolute atomic E-state index is 0.239. The standard InChI is InChI=1S/C22H19N5/c1-13-10-15(4-8-20(13)26)22(14-2-5-16(25)6-3-14)17-7-9-21(27)19(12-24)18(17)11-23/h2-10,23H,25-27H2,1H3. The lowest BCUT2D eigenvalue weighted by atomic mass is 9.92. The van der Waals surface area contributed by atoms with Crippen molar-refractivity contribution in [2.75, 3.05) is 17.2 Å². The van der Waals surface area contributed by atoms with Crippen molar-refractivity contribution in [2.24, 2.45) is 0 Å². The number of anilines is 3. The number of nitrogen functional groups attached to an aromatic ring is 3. The summed E-state index contributed by atoms with van der Waals surface area (Å²) in [4.78, 5) is 0. The maximum absolute atomic E-state index is 9.50. The van der Waals surface area contributed by atoms with E-state index in [1.807, 2.05) is 55.5 Å². The third-order valence-electron chi connectivity index (χ3n) is 4.50. The fourth-order valence-corrected chi connectivity index (χ4v) is 3.04. The van der Waals surface area contributed by atoms with Gasteiger partial charge in [-0.15, -0.1) is 0 Å². The first kappa shape index (κ1) is 17.8. The average Bonchev–Trinajstić information content (AvgIpc) is 2.67. The van der Waals surface area contributed by atoms with Crippen molar-refractivity contribution in [1.82, 2.24) is 0 Å². The maximum atomic E-state index is 9.50. The molecule has 5 heteroatoms. The van der Waals surface area contributed by atoms with Gasteiger partial charge in [0, 0.05) is 16.6 Å². The summed E-state index contributed by atoms with van der Waals surface area (Å²) in [6.45, 7) is 1.94. The zero-order valence-corrected chi connectivity index (χ0v) is 14.9. The van der Waals surface area contributed by atoms with Crippen LogP contribution in [0.1, 0.15) is 22.3 Å². The number of benzene rings is 3. The quantitative estimate of drug-likeness (QED) is 0.414. The van der Waals surface area contributed by atoms with E-state index in [9.17, 15) is 5.26 Å². The van der Waals surface area contributed by atoms with Crippen molar-refractivity contribution in [3.8, 4) is 6.07 Å². The van der Waals surface area contributed by atoms with Gasteiger partial charge in [-0.1, -0.05) is 24.3 Å². The Morgan fingerprint density at radius 1 is 0.889 bits per heavy atom. The molecule has 0 spiro atoms. The van der Waals surface area contributed by atoms with Crippen LogP contribution in [0.25, 0.3) is 5.57 Å².